The Labute approximate surface area is 83.9 Å². The number of sulfonamides is 1. The molecule has 0 aliphatic heterocycles. The minimum absolute atomic E-state index is 0.174. The van der Waals surface area contributed by atoms with Gasteiger partial charge >= 0.3 is 0 Å². The molecule has 0 fully saturated rings. The van der Waals surface area contributed by atoms with Crippen molar-refractivity contribution >= 4 is 37.0 Å². The largest absolute Gasteiger partial charge is 0.392 e. The number of nitrogens with zero attached hydrogens (tertiary/aromatic N) is 1. The van der Waals surface area contributed by atoms with E-state index in [-0.39, 0.29) is 4.99 Å². The first-order chi connectivity index (χ1) is 5.56. The van der Waals surface area contributed by atoms with Gasteiger partial charge in [-0.15, -0.1) is 3.77 Å². The predicted molar refractivity (Wildman–Crippen MR) is 57.6 cm³/mol. The lowest BCUT2D eigenvalue weighted by molar-refractivity contribution is 0.595. The highest BCUT2D eigenvalue weighted by Gasteiger charge is 2.23. The average molecular weight is 244 g/mol. The summed E-state index contributed by atoms with van der Waals surface area (Å²) in [5, 5.41) is -1.07. The standard InChI is InChI=1S/C5H12N2O3S3/c1-4(5(6)11)13(9,10)7-12(2,3)8/h4H,1-3H3,(H2,6,11). The minimum atomic E-state index is -3.83. The van der Waals surface area contributed by atoms with Gasteiger partial charge in [0.1, 0.15) is 5.25 Å². The van der Waals surface area contributed by atoms with Crippen LogP contribution >= 0.6 is 12.2 Å². The highest BCUT2D eigenvalue weighted by atomic mass is 32.3. The van der Waals surface area contributed by atoms with Crippen LogP contribution < -0.4 is 5.73 Å². The van der Waals surface area contributed by atoms with Crippen LogP contribution in [0.25, 0.3) is 0 Å². The van der Waals surface area contributed by atoms with E-state index in [1.807, 2.05) is 0 Å². The molecule has 0 aromatic rings. The van der Waals surface area contributed by atoms with Gasteiger partial charge in [0.2, 0.25) is 0 Å². The summed E-state index contributed by atoms with van der Waals surface area (Å²) in [4.78, 5) is -0.174. The number of hydrogen-bond donors (Lipinski definition) is 1. The molecule has 0 bridgehead atoms. The monoisotopic (exact) mass is 244 g/mol. The Bertz CT molecular complexity index is 408. The Hall–Kier alpha value is -0.210. The number of nitrogens with two attached hydrogens (primary N) is 1. The summed E-state index contributed by atoms with van der Waals surface area (Å²) in [5.74, 6) is 0. The highest BCUT2D eigenvalue weighted by Crippen LogP contribution is 2.06. The second-order valence-electron chi connectivity index (χ2n) is 2.82. The summed E-state index contributed by atoms with van der Waals surface area (Å²) in [7, 11) is -6.52. The molecule has 0 rings (SSSR count). The van der Waals surface area contributed by atoms with Crippen molar-refractivity contribution in [2.24, 2.45) is 9.50 Å². The molecule has 0 radical (unpaired) electrons. The van der Waals surface area contributed by atoms with Gasteiger partial charge in [-0.2, -0.15) is 0 Å². The molecular formula is C5H12N2O3S3. The summed E-state index contributed by atoms with van der Waals surface area (Å²) >= 11 is 4.50. The van der Waals surface area contributed by atoms with Gasteiger partial charge in [0, 0.05) is 12.5 Å². The molecule has 13 heavy (non-hydrogen) atoms. The maximum Gasteiger partial charge on any atom is 0.269 e. The van der Waals surface area contributed by atoms with Crippen LogP contribution in [0.5, 0.6) is 0 Å². The van der Waals surface area contributed by atoms with Crippen LogP contribution in [0.15, 0.2) is 3.77 Å². The lowest BCUT2D eigenvalue weighted by Gasteiger charge is -2.06. The molecule has 0 aliphatic carbocycles. The van der Waals surface area contributed by atoms with Gasteiger partial charge in [-0.25, -0.2) is 12.6 Å². The molecule has 0 aromatic carbocycles. The van der Waals surface area contributed by atoms with Gasteiger partial charge in [-0.3, -0.25) is 0 Å². The van der Waals surface area contributed by atoms with Gasteiger partial charge < -0.3 is 5.73 Å². The fourth-order valence-electron chi connectivity index (χ4n) is 0.462. The van der Waals surface area contributed by atoms with Crippen LogP contribution in [0.3, 0.4) is 0 Å². The average Bonchev–Trinajstić information content (AvgIpc) is 1.80. The van der Waals surface area contributed by atoms with Crippen LogP contribution in [0.2, 0.25) is 0 Å². The van der Waals surface area contributed by atoms with Crippen molar-refractivity contribution in [3.05, 3.63) is 0 Å². The molecule has 8 heteroatoms. The van der Waals surface area contributed by atoms with E-state index in [1.165, 1.54) is 19.4 Å². The maximum atomic E-state index is 11.3. The van der Waals surface area contributed by atoms with Crippen molar-refractivity contribution in [3.8, 4) is 0 Å². The minimum Gasteiger partial charge on any atom is -0.392 e. The van der Waals surface area contributed by atoms with E-state index in [2.05, 4.69) is 16.0 Å². The van der Waals surface area contributed by atoms with Gasteiger partial charge in [-0.1, -0.05) is 12.2 Å². The third kappa shape index (κ3) is 4.53. The number of hydrogen-bond acceptors (Lipinski definition) is 4. The maximum absolute atomic E-state index is 11.3. The molecule has 5 nitrogen and oxygen atoms in total. The predicted octanol–water partition coefficient (Wildman–Crippen LogP) is -0.282. The third-order valence-corrected chi connectivity index (χ3v) is 5.05. The van der Waals surface area contributed by atoms with Crippen molar-refractivity contribution < 1.29 is 12.6 Å². The first kappa shape index (κ1) is 12.8. The van der Waals surface area contributed by atoms with E-state index in [4.69, 9.17) is 5.73 Å². The highest BCUT2D eigenvalue weighted by molar-refractivity contribution is 8.03. The fourth-order valence-corrected chi connectivity index (χ4v) is 3.64. The van der Waals surface area contributed by atoms with Crippen molar-refractivity contribution in [2.75, 3.05) is 12.5 Å². The number of thiocarbonyl (C=S) groups is 1. The van der Waals surface area contributed by atoms with Crippen molar-refractivity contribution in [1.29, 1.82) is 0 Å². The van der Waals surface area contributed by atoms with Crippen LogP contribution in [0, 0.1) is 0 Å². The SMILES string of the molecule is CC(C(N)=S)S(=O)(=O)N=S(C)(C)=O. The molecule has 78 valence electrons. The van der Waals surface area contributed by atoms with Gasteiger partial charge in [0.05, 0.1) is 14.7 Å². The Kier molecular flexibility index (Phi) is 3.82. The van der Waals surface area contributed by atoms with Crippen molar-refractivity contribution in [3.63, 3.8) is 0 Å². The number of rotatable bonds is 3. The van der Waals surface area contributed by atoms with E-state index in [0.717, 1.165) is 0 Å². The van der Waals surface area contributed by atoms with E-state index < -0.39 is 25.0 Å². The molecule has 0 saturated heterocycles. The smallest absolute Gasteiger partial charge is 0.269 e. The van der Waals surface area contributed by atoms with Crippen LogP contribution in [0.1, 0.15) is 6.92 Å². The second kappa shape index (κ2) is 3.89. The molecule has 0 saturated carbocycles. The Morgan fingerprint density at radius 2 is 1.77 bits per heavy atom. The molecule has 2 N–H and O–H groups in total. The molecule has 1 unspecified atom stereocenters. The second-order valence-corrected chi connectivity index (χ2v) is 7.98. The zero-order valence-electron chi connectivity index (χ0n) is 7.55. The molecule has 1 atom stereocenters. The van der Waals surface area contributed by atoms with Gasteiger partial charge in [-0.05, 0) is 6.92 Å². The van der Waals surface area contributed by atoms with E-state index in [1.54, 1.807) is 0 Å². The van der Waals surface area contributed by atoms with Gasteiger partial charge in [0.15, 0.2) is 0 Å². The van der Waals surface area contributed by atoms with Crippen LogP contribution in [-0.2, 0) is 19.8 Å². The first-order valence-corrected chi connectivity index (χ1v) is 7.52. The zero-order valence-corrected chi connectivity index (χ0v) is 10.0. The lowest BCUT2D eigenvalue weighted by atomic mass is 10.5. The van der Waals surface area contributed by atoms with Gasteiger partial charge in [0.25, 0.3) is 10.0 Å². The van der Waals surface area contributed by atoms with E-state index in [9.17, 15) is 12.6 Å². The van der Waals surface area contributed by atoms with E-state index >= 15 is 0 Å². The summed E-state index contributed by atoms with van der Waals surface area (Å²) in [6.07, 6.45) is 2.47. The Morgan fingerprint density at radius 1 is 1.38 bits per heavy atom. The summed E-state index contributed by atoms with van der Waals surface area (Å²) in [6, 6.07) is 0. The van der Waals surface area contributed by atoms with E-state index in [0.29, 0.717) is 0 Å². The first-order valence-electron chi connectivity index (χ1n) is 3.28. The Morgan fingerprint density at radius 3 is 2.00 bits per heavy atom. The molecule has 0 aromatic heterocycles. The molecule has 0 spiro atoms. The van der Waals surface area contributed by atoms with Crippen LogP contribution in [0.4, 0.5) is 0 Å². The topological polar surface area (TPSA) is 89.6 Å². The summed E-state index contributed by atoms with van der Waals surface area (Å²) in [6.45, 7) is 1.31. The van der Waals surface area contributed by atoms with Crippen molar-refractivity contribution in [1.82, 2.24) is 0 Å². The normalized spacial score (nSPS) is 15.0. The Balaban J connectivity index is 5.28. The molecular weight excluding hydrogens is 232 g/mol. The summed E-state index contributed by atoms with van der Waals surface area (Å²) in [5.41, 5.74) is 5.14. The molecule has 0 amide bonds. The quantitative estimate of drug-likeness (QED) is 0.690. The summed E-state index contributed by atoms with van der Waals surface area (Å²) < 4.78 is 36.8. The molecule has 0 heterocycles. The fraction of sp³-hybridized carbons (Fsp3) is 0.800. The molecule has 0 aliphatic rings. The third-order valence-electron chi connectivity index (χ3n) is 1.13. The lowest BCUT2D eigenvalue weighted by Crippen LogP contribution is -2.30. The van der Waals surface area contributed by atoms with Crippen LogP contribution in [-0.4, -0.2) is 35.4 Å². The zero-order chi connectivity index (χ0) is 10.9. The van der Waals surface area contributed by atoms with Crippen molar-refractivity contribution in [2.45, 2.75) is 12.2 Å².